The molecule has 74 valence electrons. The summed E-state index contributed by atoms with van der Waals surface area (Å²) in [6.45, 7) is 4.20. The summed E-state index contributed by atoms with van der Waals surface area (Å²) in [6, 6.07) is 6.85. The van der Waals surface area contributed by atoms with Crippen molar-refractivity contribution in [1.29, 1.82) is 0 Å². The van der Waals surface area contributed by atoms with Gasteiger partial charge in [0.2, 0.25) is 0 Å². The third-order valence-corrected chi connectivity index (χ3v) is 2.91. The number of fused-ring (bicyclic) bond motifs is 1. The van der Waals surface area contributed by atoms with E-state index in [1.165, 1.54) is 22.3 Å². The van der Waals surface area contributed by atoms with Crippen LogP contribution in [-0.4, -0.2) is 6.04 Å². The zero-order valence-electron chi connectivity index (χ0n) is 8.88. The minimum absolute atomic E-state index is 0.199. The van der Waals surface area contributed by atoms with Gasteiger partial charge in [0.05, 0.1) is 0 Å². The summed E-state index contributed by atoms with van der Waals surface area (Å²) in [4.78, 5) is 0. The maximum absolute atomic E-state index is 5.89. The predicted molar refractivity (Wildman–Crippen MR) is 61.1 cm³/mol. The van der Waals surface area contributed by atoms with Crippen molar-refractivity contribution in [1.82, 2.24) is 0 Å². The molecule has 0 radical (unpaired) electrons. The van der Waals surface area contributed by atoms with Gasteiger partial charge in [-0.2, -0.15) is 0 Å². The van der Waals surface area contributed by atoms with Gasteiger partial charge in [-0.05, 0) is 37.8 Å². The quantitative estimate of drug-likeness (QED) is 0.718. The van der Waals surface area contributed by atoms with Gasteiger partial charge >= 0.3 is 0 Å². The first-order valence-corrected chi connectivity index (χ1v) is 5.22. The Hall–Kier alpha value is -1.08. The Labute approximate surface area is 85.6 Å². The van der Waals surface area contributed by atoms with E-state index in [1.807, 2.05) is 0 Å². The van der Waals surface area contributed by atoms with Gasteiger partial charge in [-0.3, -0.25) is 0 Å². The van der Waals surface area contributed by atoms with Gasteiger partial charge in [-0.1, -0.05) is 35.4 Å². The fourth-order valence-electron chi connectivity index (χ4n) is 2.00. The van der Waals surface area contributed by atoms with E-state index in [1.54, 1.807) is 0 Å². The lowest BCUT2D eigenvalue weighted by Gasteiger charge is -2.19. The second kappa shape index (κ2) is 3.58. The zero-order chi connectivity index (χ0) is 10.1. The van der Waals surface area contributed by atoms with Crippen LogP contribution in [0.25, 0.3) is 6.08 Å². The lowest BCUT2D eigenvalue weighted by Crippen LogP contribution is -2.20. The first kappa shape index (κ1) is 9.47. The molecule has 1 unspecified atom stereocenters. The van der Waals surface area contributed by atoms with E-state index in [4.69, 9.17) is 5.73 Å². The number of nitrogens with two attached hydrogens (primary N) is 1. The van der Waals surface area contributed by atoms with E-state index in [0.717, 1.165) is 12.8 Å². The summed E-state index contributed by atoms with van der Waals surface area (Å²) < 4.78 is 0. The van der Waals surface area contributed by atoms with Gasteiger partial charge in [0.15, 0.2) is 0 Å². The molecule has 0 spiro atoms. The molecule has 0 aliphatic heterocycles. The fraction of sp³-hybridized carbons (Fsp3) is 0.385. The van der Waals surface area contributed by atoms with Crippen molar-refractivity contribution >= 4 is 6.08 Å². The summed E-state index contributed by atoms with van der Waals surface area (Å²) >= 11 is 0. The molecule has 1 aliphatic rings. The lowest BCUT2D eigenvalue weighted by atomic mass is 9.89. The van der Waals surface area contributed by atoms with Crippen LogP contribution in [0.5, 0.6) is 0 Å². The summed E-state index contributed by atoms with van der Waals surface area (Å²) in [7, 11) is 0. The highest BCUT2D eigenvalue weighted by Gasteiger charge is 2.12. The summed E-state index contributed by atoms with van der Waals surface area (Å²) in [5, 5.41) is 0. The van der Waals surface area contributed by atoms with Gasteiger partial charge in [0.25, 0.3) is 0 Å². The average molecular weight is 187 g/mol. The van der Waals surface area contributed by atoms with Gasteiger partial charge in [-0.15, -0.1) is 0 Å². The molecule has 0 amide bonds. The highest BCUT2D eigenvalue weighted by molar-refractivity contribution is 5.61. The average Bonchev–Trinajstić information content (AvgIpc) is 2.16. The molecule has 1 nitrogen and oxygen atoms in total. The molecule has 2 N–H and O–H groups in total. The van der Waals surface area contributed by atoms with E-state index in [2.05, 4.69) is 38.1 Å². The third kappa shape index (κ3) is 1.73. The lowest BCUT2D eigenvalue weighted by molar-refractivity contribution is 0.777. The largest absolute Gasteiger partial charge is 0.324 e. The van der Waals surface area contributed by atoms with Crippen LogP contribution < -0.4 is 5.73 Å². The first-order valence-electron chi connectivity index (χ1n) is 5.22. The normalized spacial score (nSPS) is 17.2. The van der Waals surface area contributed by atoms with Crippen molar-refractivity contribution < 1.29 is 0 Å². The topological polar surface area (TPSA) is 26.0 Å². The molecule has 0 saturated carbocycles. The molecule has 1 atom stereocenters. The summed E-state index contributed by atoms with van der Waals surface area (Å²) in [5.74, 6) is 0. The Morgan fingerprint density at radius 3 is 2.79 bits per heavy atom. The van der Waals surface area contributed by atoms with Crippen molar-refractivity contribution in [2.45, 2.75) is 32.7 Å². The molecule has 1 heteroatoms. The molecule has 14 heavy (non-hydrogen) atoms. The van der Waals surface area contributed by atoms with Gasteiger partial charge in [0.1, 0.15) is 0 Å². The number of hydrogen-bond donors (Lipinski definition) is 1. The first-order chi connectivity index (χ1) is 6.66. The van der Waals surface area contributed by atoms with Crippen molar-refractivity contribution in [2.24, 2.45) is 5.73 Å². The highest BCUT2D eigenvalue weighted by Crippen LogP contribution is 2.25. The van der Waals surface area contributed by atoms with Gasteiger partial charge in [-0.25, -0.2) is 0 Å². The minimum atomic E-state index is 0.199. The predicted octanol–water partition coefficient (Wildman–Crippen LogP) is 2.67. The minimum Gasteiger partial charge on any atom is -0.324 e. The fourth-order valence-corrected chi connectivity index (χ4v) is 2.00. The van der Waals surface area contributed by atoms with E-state index in [-0.39, 0.29) is 6.04 Å². The Bertz CT molecular complexity index is 375. The summed E-state index contributed by atoms with van der Waals surface area (Å²) in [6.07, 6.45) is 4.52. The van der Waals surface area contributed by atoms with Crippen molar-refractivity contribution in [3.8, 4) is 0 Å². The molecular formula is C13H17N. The van der Waals surface area contributed by atoms with Crippen LogP contribution in [0.2, 0.25) is 0 Å². The van der Waals surface area contributed by atoms with E-state index < -0.39 is 0 Å². The van der Waals surface area contributed by atoms with Crippen LogP contribution in [0.3, 0.4) is 0 Å². The van der Waals surface area contributed by atoms with Crippen LogP contribution in [0.4, 0.5) is 0 Å². The van der Waals surface area contributed by atoms with Crippen LogP contribution >= 0.6 is 0 Å². The Balaban J connectivity index is 2.40. The molecule has 1 aromatic carbocycles. The molecular weight excluding hydrogens is 170 g/mol. The SMILES string of the molecule is Cc1ccc2c(c1)CCC(C(C)N)=C2. The van der Waals surface area contributed by atoms with Crippen LogP contribution in [0.1, 0.15) is 30.0 Å². The summed E-state index contributed by atoms with van der Waals surface area (Å²) in [5.41, 5.74) is 11.4. The zero-order valence-corrected chi connectivity index (χ0v) is 8.88. The molecule has 2 rings (SSSR count). The molecule has 0 fully saturated rings. The standard InChI is InChI=1S/C13H17N/c1-9-3-4-13-8-11(10(2)14)5-6-12(13)7-9/h3-4,7-8,10H,5-6,14H2,1-2H3. The number of rotatable bonds is 1. The Morgan fingerprint density at radius 2 is 2.07 bits per heavy atom. The Morgan fingerprint density at radius 1 is 1.29 bits per heavy atom. The van der Waals surface area contributed by atoms with Crippen molar-refractivity contribution in [2.75, 3.05) is 0 Å². The Kier molecular flexibility index (Phi) is 2.42. The third-order valence-electron chi connectivity index (χ3n) is 2.91. The van der Waals surface area contributed by atoms with Gasteiger partial charge in [0, 0.05) is 6.04 Å². The molecule has 1 aromatic rings. The van der Waals surface area contributed by atoms with E-state index in [0.29, 0.717) is 0 Å². The molecule has 1 aliphatic carbocycles. The second-order valence-electron chi connectivity index (χ2n) is 4.21. The smallest absolute Gasteiger partial charge is 0.0228 e. The number of aryl methyl sites for hydroxylation is 2. The maximum atomic E-state index is 5.89. The monoisotopic (exact) mass is 187 g/mol. The van der Waals surface area contributed by atoms with Gasteiger partial charge < -0.3 is 5.73 Å². The van der Waals surface area contributed by atoms with Crippen LogP contribution in [0.15, 0.2) is 23.8 Å². The molecule has 0 heterocycles. The van der Waals surface area contributed by atoms with E-state index in [9.17, 15) is 0 Å². The molecule has 0 aromatic heterocycles. The molecule has 0 bridgehead atoms. The van der Waals surface area contributed by atoms with Crippen molar-refractivity contribution in [3.63, 3.8) is 0 Å². The van der Waals surface area contributed by atoms with E-state index >= 15 is 0 Å². The highest BCUT2D eigenvalue weighted by atomic mass is 14.6. The second-order valence-corrected chi connectivity index (χ2v) is 4.21. The maximum Gasteiger partial charge on any atom is 0.0228 e. The number of hydrogen-bond acceptors (Lipinski definition) is 1. The van der Waals surface area contributed by atoms with Crippen molar-refractivity contribution in [3.05, 3.63) is 40.5 Å². The van der Waals surface area contributed by atoms with Crippen LogP contribution in [0, 0.1) is 6.92 Å². The molecule has 0 saturated heterocycles. The number of benzene rings is 1. The van der Waals surface area contributed by atoms with Crippen LogP contribution in [-0.2, 0) is 6.42 Å².